The number of hydrogen-bond donors (Lipinski definition) is 2. The molecule has 27 heavy (non-hydrogen) atoms. The molecule has 0 atom stereocenters. The van der Waals surface area contributed by atoms with E-state index in [1.54, 1.807) is 0 Å². The number of hydrogen-bond acceptors (Lipinski definition) is 5. The van der Waals surface area contributed by atoms with E-state index >= 15 is 0 Å². The first-order valence-electron chi connectivity index (χ1n) is 9.85. The molecule has 5 heteroatoms. The molecule has 142 valence electrons. The Kier molecular flexibility index (Phi) is 5.82. The Morgan fingerprint density at radius 1 is 1.00 bits per heavy atom. The number of aliphatic hydroxyl groups is 1. The van der Waals surface area contributed by atoms with Gasteiger partial charge in [0, 0.05) is 62.6 Å². The lowest BCUT2D eigenvalue weighted by Gasteiger charge is -2.34. The fraction of sp³-hybridized carbons (Fsp3) is 0.409. The number of aliphatic hydroxyl groups excluding tert-OH is 1. The summed E-state index contributed by atoms with van der Waals surface area (Å²) in [4.78, 5) is 9.63. The van der Waals surface area contributed by atoms with Gasteiger partial charge in [0.15, 0.2) is 0 Å². The average molecular weight is 364 g/mol. The quantitative estimate of drug-likeness (QED) is 0.726. The van der Waals surface area contributed by atoms with Crippen LogP contribution in [0, 0.1) is 0 Å². The summed E-state index contributed by atoms with van der Waals surface area (Å²) in [5.41, 5.74) is 1.23. The molecule has 2 aliphatic heterocycles. The molecule has 2 aromatic rings. The average Bonchev–Trinajstić information content (AvgIpc) is 2.72. The summed E-state index contributed by atoms with van der Waals surface area (Å²) in [6.07, 6.45) is 4.36. The molecule has 2 heterocycles. The Hall–Kier alpha value is -2.21. The number of fused-ring (bicyclic) bond motifs is 3. The van der Waals surface area contributed by atoms with Gasteiger partial charge in [0.25, 0.3) is 0 Å². The normalized spacial score (nSPS) is 19.5. The first-order chi connectivity index (χ1) is 13.3. The number of β-amino-alcohol motifs (C(OH)–C–C–N with tert-alkyl or cyclic N) is 1. The summed E-state index contributed by atoms with van der Waals surface area (Å²) in [5, 5.41) is 17.3. The molecule has 2 aliphatic rings. The molecule has 0 amide bonds. The number of rotatable bonds is 6. The zero-order valence-corrected chi connectivity index (χ0v) is 15.8. The second-order valence-corrected chi connectivity index (χ2v) is 7.27. The highest BCUT2D eigenvalue weighted by Crippen LogP contribution is 2.08. The Bertz CT molecular complexity index is 929. The third-order valence-electron chi connectivity index (χ3n) is 5.43. The SMILES string of the molecule is OCCN1CCN(CCNC=C2C=c3ccc4ccccc4c3=NC2)CC1. The highest BCUT2D eigenvalue weighted by Gasteiger charge is 2.15. The Morgan fingerprint density at radius 3 is 2.59 bits per heavy atom. The summed E-state index contributed by atoms with van der Waals surface area (Å²) in [6, 6.07) is 12.8. The van der Waals surface area contributed by atoms with Crippen LogP contribution in [0.15, 0.2) is 53.2 Å². The van der Waals surface area contributed by atoms with Crippen molar-refractivity contribution in [3.05, 3.63) is 58.7 Å². The van der Waals surface area contributed by atoms with Gasteiger partial charge in [-0.2, -0.15) is 0 Å². The van der Waals surface area contributed by atoms with E-state index in [0.29, 0.717) is 0 Å². The molecule has 0 bridgehead atoms. The second kappa shape index (κ2) is 8.65. The smallest absolute Gasteiger partial charge is 0.0729 e. The molecule has 1 saturated heterocycles. The summed E-state index contributed by atoms with van der Waals surface area (Å²) in [7, 11) is 0. The Balaban J connectivity index is 1.32. The van der Waals surface area contributed by atoms with Crippen molar-refractivity contribution < 1.29 is 5.11 Å². The van der Waals surface area contributed by atoms with E-state index in [4.69, 9.17) is 10.1 Å². The van der Waals surface area contributed by atoms with Gasteiger partial charge < -0.3 is 10.4 Å². The third kappa shape index (κ3) is 4.38. The molecule has 1 fully saturated rings. The fourth-order valence-electron chi connectivity index (χ4n) is 3.87. The zero-order chi connectivity index (χ0) is 18.5. The van der Waals surface area contributed by atoms with Crippen molar-refractivity contribution >= 4 is 16.8 Å². The first kappa shape index (κ1) is 18.2. The molecule has 0 spiro atoms. The minimum Gasteiger partial charge on any atom is -0.395 e. The molecule has 0 aromatic heterocycles. The van der Waals surface area contributed by atoms with Crippen LogP contribution in [-0.4, -0.2) is 73.9 Å². The maximum Gasteiger partial charge on any atom is 0.0729 e. The van der Waals surface area contributed by atoms with Crippen molar-refractivity contribution in [3.63, 3.8) is 0 Å². The molecular formula is C22H28N4O. The van der Waals surface area contributed by atoms with Crippen LogP contribution in [0.3, 0.4) is 0 Å². The highest BCUT2D eigenvalue weighted by molar-refractivity contribution is 5.82. The molecule has 4 rings (SSSR count). The van der Waals surface area contributed by atoms with Crippen LogP contribution < -0.4 is 15.9 Å². The maximum atomic E-state index is 9.01. The topological polar surface area (TPSA) is 51.1 Å². The largest absolute Gasteiger partial charge is 0.395 e. The minimum atomic E-state index is 0.260. The van der Waals surface area contributed by atoms with Gasteiger partial charge in [-0.15, -0.1) is 0 Å². The first-order valence-corrected chi connectivity index (χ1v) is 9.85. The van der Waals surface area contributed by atoms with Gasteiger partial charge in [-0.05, 0) is 17.0 Å². The van der Waals surface area contributed by atoms with Gasteiger partial charge >= 0.3 is 0 Å². The van der Waals surface area contributed by atoms with Crippen molar-refractivity contribution in [2.24, 2.45) is 4.99 Å². The van der Waals surface area contributed by atoms with Crippen molar-refractivity contribution in [2.75, 3.05) is 59.0 Å². The van der Waals surface area contributed by atoms with Gasteiger partial charge in [-0.25, -0.2) is 0 Å². The lowest BCUT2D eigenvalue weighted by Crippen LogP contribution is -2.48. The van der Waals surface area contributed by atoms with E-state index in [1.165, 1.54) is 21.6 Å². The number of piperazine rings is 1. The molecule has 0 unspecified atom stereocenters. The Morgan fingerprint density at radius 2 is 1.78 bits per heavy atom. The van der Waals surface area contributed by atoms with E-state index in [9.17, 15) is 0 Å². The second-order valence-electron chi connectivity index (χ2n) is 7.27. The number of benzene rings is 2. The standard InChI is InChI=1S/C22H28N4O/c27-14-13-26-11-9-25(10-12-26)8-7-23-16-18-15-20-6-5-19-3-1-2-4-21(19)22(20)24-17-18/h1-6,15-16,23,27H,7-14,17H2. The minimum absolute atomic E-state index is 0.260. The van der Waals surface area contributed by atoms with Crippen LogP contribution in [0.1, 0.15) is 0 Å². The van der Waals surface area contributed by atoms with Gasteiger partial charge in [0.2, 0.25) is 0 Å². The van der Waals surface area contributed by atoms with Crippen molar-refractivity contribution in [1.82, 2.24) is 15.1 Å². The maximum absolute atomic E-state index is 9.01. The van der Waals surface area contributed by atoms with E-state index in [-0.39, 0.29) is 6.61 Å². The zero-order valence-electron chi connectivity index (χ0n) is 15.8. The van der Waals surface area contributed by atoms with Crippen LogP contribution in [0.2, 0.25) is 0 Å². The van der Waals surface area contributed by atoms with Crippen molar-refractivity contribution in [1.29, 1.82) is 0 Å². The van der Waals surface area contributed by atoms with Gasteiger partial charge in [-0.1, -0.05) is 36.4 Å². The van der Waals surface area contributed by atoms with Crippen molar-refractivity contribution in [3.8, 4) is 0 Å². The van der Waals surface area contributed by atoms with Crippen molar-refractivity contribution in [2.45, 2.75) is 0 Å². The summed E-state index contributed by atoms with van der Waals surface area (Å²) >= 11 is 0. The number of nitrogens with zero attached hydrogens (tertiary/aromatic N) is 3. The predicted octanol–water partition coefficient (Wildman–Crippen LogP) is 0.337. The van der Waals surface area contributed by atoms with E-state index < -0.39 is 0 Å². The number of nitrogens with one attached hydrogen (secondary N) is 1. The molecule has 2 N–H and O–H groups in total. The molecule has 2 aromatic carbocycles. The van der Waals surface area contributed by atoms with E-state index in [2.05, 4.69) is 63.8 Å². The molecule has 0 saturated carbocycles. The van der Waals surface area contributed by atoms with Gasteiger partial charge in [0.05, 0.1) is 18.5 Å². The highest BCUT2D eigenvalue weighted by atomic mass is 16.3. The van der Waals surface area contributed by atoms with Crippen LogP contribution in [-0.2, 0) is 0 Å². The van der Waals surface area contributed by atoms with Gasteiger partial charge in [0.1, 0.15) is 0 Å². The van der Waals surface area contributed by atoms with E-state index in [0.717, 1.165) is 57.7 Å². The summed E-state index contributed by atoms with van der Waals surface area (Å²) < 4.78 is 0. The monoisotopic (exact) mass is 364 g/mol. The van der Waals surface area contributed by atoms with Crippen LogP contribution >= 0.6 is 0 Å². The van der Waals surface area contributed by atoms with E-state index in [1.807, 2.05) is 0 Å². The summed E-state index contributed by atoms with van der Waals surface area (Å²) in [6.45, 7) is 8.06. The molecule has 0 aliphatic carbocycles. The van der Waals surface area contributed by atoms with Gasteiger partial charge in [-0.3, -0.25) is 14.8 Å². The lowest BCUT2D eigenvalue weighted by molar-refractivity contribution is 0.114. The summed E-state index contributed by atoms with van der Waals surface area (Å²) in [5.74, 6) is 0. The molecule has 0 radical (unpaired) electrons. The molecular weight excluding hydrogens is 336 g/mol. The Labute approximate surface area is 160 Å². The van der Waals surface area contributed by atoms with Crippen LogP contribution in [0.5, 0.6) is 0 Å². The fourth-order valence-corrected chi connectivity index (χ4v) is 3.87. The van der Waals surface area contributed by atoms with Crippen LogP contribution in [0.4, 0.5) is 0 Å². The van der Waals surface area contributed by atoms with Crippen LogP contribution in [0.25, 0.3) is 16.8 Å². The lowest BCUT2D eigenvalue weighted by atomic mass is 10.1. The predicted molar refractivity (Wildman–Crippen MR) is 110 cm³/mol. The molecule has 5 nitrogen and oxygen atoms in total. The third-order valence-corrected chi connectivity index (χ3v) is 5.43.